The lowest BCUT2D eigenvalue weighted by Crippen LogP contribution is -2.27. The van der Waals surface area contributed by atoms with Crippen molar-refractivity contribution in [2.75, 3.05) is 19.6 Å². The second-order valence-corrected chi connectivity index (χ2v) is 4.92. The number of nitriles is 1. The monoisotopic (exact) mass is 290 g/mol. The van der Waals surface area contributed by atoms with Gasteiger partial charge in [0.05, 0.1) is 28.5 Å². The molecule has 0 bridgehead atoms. The van der Waals surface area contributed by atoms with E-state index >= 15 is 0 Å². The van der Waals surface area contributed by atoms with Gasteiger partial charge in [-0.25, -0.2) is 4.98 Å². The number of aromatic nitrogens is 2. The Bertz CT molecular complexity index is 623. The van der Waals surface area contributed by atoms with E-state index in [9.17, 15) is 0 Å². The number of hydrogen-bond acceptors (Lipinski definition) is 3. The van der Waals surface area contributed by atoms with Gasteiger partial charge in [-0.2, -0.15) is 5.26 Å². The van der Waals surface area contributed by atoms with Crippen molar-refractivity contribution in [3.63, 3.8) is 0 Å². The molecule has 0 N–H and O–H groups in total. The molecule has 0 saturated heterocycles. The minimum atomic E-state index is 0.384. The Morgan fingerprint density at radius 1 is 1.35 bits per heavy atom. The van der Waals surface area contributed by atoms with Crippen molar-refractivity contribution in [2.24, 2.45) is 0 Å². The van der Waals surface area contributed by atoms with E-state index in [4.69, 9.17) is 16.9 Å². The van der Waals surface area contributed by atoms with Crippen LogP contribution in [-0.4, -0.2) is 34.1 Å². The molecule has 5 heteroatoms. The van der Waals surface area contributed by atoms with Crippen LogP contribution in [0, 0.1) is 11.3 Å². The molecule has 0 amide bonds. The number of imidazole rings is 1. The Balaban J connectivity index is 2.36. The molecule has 0 spiro atoms. The quantitative estimate of drug-likeness (QED) is 0.768. The highest BCUT2D eigenvalue weighted by Gasteiger charge is 2.11. The van der Waals surface area contributed by atoms with Gasteiger partial charge in [0.25, 0.3) is 0 Å². The first-order valence-electron chi connectivity index (χ1n) is 6.91. The lowest BCUT2D eigenvalue weighted by atomic mass is 10.2. The predicted molar refractivity (Wildman–Crippen MR) is 81.8 cm³/mol. The zero-order valence-electron chi connectivity index (χ0n) is 11.9. The van der Waals surface area contributed by atoms with Crippen molar-refractivity contribution in [3.05, 3.63) is 29.6 Å². The van der Waals surface area contributed by atoms with Gasteiger partial charge in [-0.1, -0.05) is 13.8 Å². The number of fused-ring (bicyclic) bond motifs is 1. The lowest BCUT2D eigenvalue weighted by molar-refractivity contribution is 0.291. The number of likely N-dealkylation sites (N-methyl/N-ethyl adjacent to an activating group) is 1. The van der Waals surface area contributed by atoms with Crippen LogP contribution in [-0.2, 0) is 12.4 Å². The van der Waals surface area contributed by atoms with Gasteiger partial charge in [0.15, 0.2) is 0 Å². The van der Waals surface area contributed by atoms with E-state index < -0.39 is 0 Å². The highest BCUT2D eigenvalue weighted by Crippen LogP contribution is 2.19. The van der Waals surface area contributed by atoms with E-state index in [2.05, 4.69) is 34.4 Å². The molecule has 0 saturated carbocycles. The van der Waals surface area contributed by atoms with Crippen molar-refractivity contribution < 1.29 is 0 Å². The summed E-state index contributed by atoms with van der Waals surface area (Å²) in [6, 6.07) is 7.75. The van der Waals surface area contributed by atoms with E-state index in [0.717, 1.165) is 43.0 Å². The van der Waals surface area contributed by atoms with Crippen LogP contribution >= 0.6 is 11.6 Å². The number of hydrogen-bond donors (Lipinski definition) is 0. The molecule has 0 aliphatic rings. The predicted octanol–water partition coefficient (Wildman–Crippen LogP) is 2.99. The molecule has 0 unspecified atom stereocenters. The maximum atomic E-state index is 9.03. The second kappa shape index (κ2) is 6.74. The maximum absolute atomic E-state index is 9.03. The van der Waals surface area contributed by atoms with Gasteiger partial charge in [0.2, 0.25) is 0 Å². The van der Waals surface area contributed by atoms with Gasteiger partial charge >= 0.3 is 0 Å². The summed E-state index contributed by atoms with van der Waals surface area (Å²) in [6.45, 7) is 8.18. The van der Waals surface area contributed by atoms with Crippen LogP contribution < -0.4 is 0 Å². The molecule has 0 radical (unpaired) electrons. The van der Waals surface area contributed by atoms with E-state index in [1.54, 1.807) is 6.07 Å². The van der Waals surface area contributed by atoms with Gasteiger partial charge in [-0.15, -0.1) is 11.6 Å². The van der Waals surface area contributed by atoms with Crippen LogP contribution in [0.1, 0.15) is 25.2 Å². The molecule has 1 aromatic carbocycles. The molecule has 0 aliphatic carbocycles. The topological polar surface area (TPSA) is 44.9 Å². The molecule has 0 fully saturated rings. The van der Waals surface area contributed by atoms with E-state index in [1.165, 1.54) is 0 Å². The summed E-state index contributed by atoms with van der Waals surface area (Å²) in [5.74, 6) is 1.25. The van der Waals surface area contributed by atoms with E-state index in [0.29, 0.717) is 11.4 Å². The van der Waals surface area contributed by atoms with Crippen LogP contribution in [0.15, 0.2) is 18.2 Å². The number of halogens is 1. The molecule has 1 heterocycles. The highest BCUT2D eigenvalue weighted by molar-refractivity contribution is 6.16. The van der Waals surface area contributed by atoms with Crippen LogP contribution in [0.25, 0.3) is 11.0 Å². The third kappa shape index (κ3) is 2.95. The normalized spacial score (nSPS) is 11.2. The largest absolute Gasteiger partial charge is 0.326 e. The fourth-order valence-corrected chi connectivity index (χ4v) is 2.58. The summed E-state index contributed by atoms with van der Waals surface area (Å²) >= 11 is 6.00. The van der Waals surface area contributed by atoms with Crippen LogP contribution in [0.4, 0.5) is 0 Å². The number of alkyl halides is 1. The molecule has 0 atom stereocenters. The number of rotatable bonds is 6. The van der Waals surface area contributed by atoms with Gasteiger partial charge in [-0.3, -0.25) is 0 Å². The fourth-order valence-electron chi connectivity index (χ4n) is 2.37. The summed E-state index contributed by atoms with van der Waals surface area (Å²) in [5, 5.41) is 9.03. The first-order chi connectivity index (χ1) is 9.73. The standard InChI is InChI=1S/C15H19ClN4/c1-3-19(4-2)7-8-20-14-9-12(11-17)5-6-13(14)18-15(20)10-16/h5-6,9H,3-4,7-8,10H2,1-2H3. The number of nitrogens with zero attached hydrogens (tertiary/aromatic N) is 4. The van der Waals surface area contributed by atoms with E-state index in [1.807, 2.05) is 12.1 Å². The average molecular weight is 291 g/mol. The molecule has 2 aromatic rings. The van der Waals surface area contributed by atoms with Gasteiger partial charge in [-0.05, 0) is 31.3 Å². The van der Waals surface area contributed by atoms with Gasteiger partial charge in [0, 0.05) is 13.1 Å². The Morgan fingerprint density at radius 2 is 2.10 bits per heavy atom. The second-order valence-electron chi connectivity index (χ2n) is 4.66. The molecular weight excluding hydrogens is 272 g/mol. The average Bonchev–Trinajstić information content (AvgIpc) is 2.85. The molecule has 1 aromatic heterocycles. The van der Waals surface area contributed by atoms with Crippen LogP contribution in [0.3, 0.4) is 0 Å². The SMILES string of the molecule is CCN(CC)CCn1c(CCl)nc2ccc(C#N)cc21. The maximum Gasteiger partial charge on any atom is 0.124 e. The smallest absolute Gasteiger partial charge is 0.124 e. The molecule has 0 aliphatic heterocycles. The summed E-state index contributed by atoms with van der Waals surface area (Å²) < 4.78 is 2.13. The Morgan fingerprint density at radius 3 is 2.70 bits per heavy atom. The van der Waals surface area contributed by atoms with Crippen molar-refractivity contribution in [2.45, 2.75) is 26.3 Å². The molecule has 20 heavy (non-hydrogen) atoms. The first kappa shape index (κ1) is 14.8. The van der Waals surface area contributed by atoms with Crippen molar-refractivity contribution in [1.29, 1.82) is 5.26 Å². The summed E-state index contributed by atoms with van der Waals surface area (Å²) in [5.41, 5.74) is 2.55. The van der Waals surface area contributed by atoms with Crippen LogP contribution in [0.2, 0.25) is 0 Å². The fraction of sp³-hybridized carbons (Fsp3) is 0.467. The summed E-state index contributed by atoms with van der Waals surface area (Å²) in [4.78, 5) is 6.90. The zero-order chi connectivity index (χ0) is 14.5. The molecule has 4 nitrogen and oxygen atoms in total. The first-order valence-corrected chi connectivity index (χ1v) is 7.44. The minimum absolute atomic E-state index is 0.384. The van der Waals surface area contributed by atoms with E-state index in [-0.39, 0.29) is 0 Å². The molecular formula is C15H19ClN4. The molecule has 106 valence electrons. The van der Waals surface area contributed by atoms with Gasteiger partial charge < -0.3 is 9.47 Å². The minimum Gasteiger partial charge on any atom is -0.326 e. The molecule has 2 rings (SSSR count). The summed E-state index contributed by atoms with van der Waals surface area (Å²) in [6.07, 6.45) is 0. The third-order valence-corrected chi connectivity index (χ3v) is 3.85. The highest BCUT2D eigenvalue weighted by atomic mass is 35.5. The summed E-state index contributed by atoms with van der Waals surface area (Å²) in [7, 11) is 0. The zero-order valence-corrected chi connectivity index (χ0v) is 12.7. The third-order valence-electron chi connectivity index (χ3n) is 3.61. The van der Waals surface area contributed by atoms with Crippen molar-refractivity contribution in [3.8, 4) is 6.07 Å². The Hall–Kier alpha value is -1.57. The Kier molecular flexibility index (Phi) is 4.99. The van der Waals surface area contributed by atoms with Crippen molar-refractivity contribution >= 4 is 22.6 Å². The van der Waals surface area contributed by atoms with Crippen LogP contribution in [0.5, 0.6) is 0 Å². The Labute approximate surface area is 124 Å². The lowest BCUT2D eigenvalue weighted by Gasteiger charge is -2.19. The van der Waals surface area contributed by atoms with Gasteiger partial charge in [0.1, 0.15) is 5.82 Å². The number of benzene rings is 1. The van der Waals surface area contributed by atoms with Crippen molar-refractivity contribution in [1.82, 2.24) is 14.5 Å².